The summed E-state index contributed by atoms with van der Waals surface area (Å²) >= 11 is 3.34. The first-order valence-electron chi connectivity index (χ1n) is 17.6. The maximum absolute atomic E-state index is 13.6. The van der Waals surface area contributed by atoms with Crippen LogP contribution in [-0.4, -0.2) is 79.7 Å². The zero-order valence-corrected chi connectivity index (χ0v) is 31.8. The molecule has 272 valence electrons. The lowest BCUT2D eigenvalue weighted by atomic mass is 10.0. The van der Waals surface area contributed by atoms with Gasteiger partial charge in [-0.15, -0.1) is 22.7 Å². The molecule has 3 atom stereocenters. The third-order valence-electron chi connectivity index (χ3n) is 9.46. The monoisotopic (exact) mass is 741 g/mol. The summed E-state index contributed by atoms with van der Waals surface area (Å²) in [6, 6.07) is 5.17. The van der Waals surface area contributed by atoms with Crippen LogP contribution >= 0.6 is 22.7 Å². The second-order valence-corrected chi connectivity index (χ2v) is 16.4. The van der Waals surface area contributed by atoms with Crippen molar-refractivity contribution in [3.05, 3.63) is 58.1 Å². The molecule has 2 aliphatic rings. The molecule has 5 aromatic rings. The van der Waals surface area contributed by atoms with Gasteiger partial charge < -0.3 is 29.7 Å². The van der Waals surface area contributed by atoms with Crippen molar-refractivity contribution in [1.29, 1.82) is 0 Å². The third kappa shape index (κ3) is 7.12. The Bertz CT molecular complexity index is 2200. The maximum Gasteiger partial charge on any atom is 0.410 e. The zero-order valence-electron chi connectivity index (χ0n) is 30.2. The van der Waals surface area contributed by atoms with Crippen molar-refractivity contribution in [3.8, 4) is 23.0 Å². The summed E-state index contributed by atoms with van der Waals surface area (Å²) in [6.07, 6.45) is 4.15. The number of rotatable bonds is 6. The first-order chi connectivity index (χ1) is 24.9. The van der Waals surface area contributed by atoms with Crippen LogP contribution in [0.2, 0.25) is 0 Å². The molecule has 12 nitrogen and oxygen atoms in total. The lowest BCUT2D eigenvalue weighted by Crippen LogP contribution is -2.51. The van der Waals surface area contributed by atoms with E-state index < -0.39 is 17.7 Å². The summed E-state index contributed by atoms with van der Waals surface area (Å²) in [6.45, 7) is 10.7. The second-order valence-electron chi connectivity index (χ2n) is 14.6. The highest BCUT2D eigenvalue weighted by molar-refractivity contribution is 7.27. The molecule has 0 aliphatic carbocycles. The Kier molecular flexibility index (Phi) is 9.75. The molecule has 14 heteroatoms. The van der Waals surface area contributed by atoms with E-state index in [-0.39, 0.29) is 30.0 Å². The predicted molar refractivity (Wildman–Crippen MR) is 202 cm³/mol. The fourth-order valence-corrected chi connectivity index (χ4v) is 9.26. The van der Waals surface area contributed by atoms with Crippen molar-refractivity contribution < 1.29 is 23.9 Å². The minimum atomic E-state index is -0.684. The molecule has 4 aromatic heterocycles. The number of ether oxygens (including phenoxy) is 2. The van der Waals surface area contributed by atoms with Crippen LogP contribution in [0.4, 0.5) is 9.59 Å². The molecule has 2 aliphatic heterocycles. The highest BCUT2D eigenvalue weighted by atomic mass is 32.1. The number of benzene rings is 1. The van der Waals surface area contributed by atoms with Gasteiger partial charge in [-0.3, -0.25) is 9.69 Å². The molecule has 0 bridgehead atoms. The van der Waals surface area contributed by atoms with E-state index in [1.54, 1.807) is 33.8 Å². The highest BCUT2D eigenvalue weighted by Crippen LogP contribution is 2.41. The number of carbonyl (C=O) groups excluding carboxylic acids is 3. The topological polar surface area (TPSA) is 146 Å². The molecule has 1 unspecified atom stereocenters. The fourth-order valence-electron chi connectivity index (χ4n) is 6.95. The molecule has 2 saturated heterocycles. The zero-order chi connectivity index (χ0) is 36.7. The Morgan fingerprint density at radius 2 is 1.71 bits per heavy atom. The number of aromatic amines is 2. The number of hydrogen-bond donors (Lipinski definition) is 3. The Morgan fingerprint density at radius 1 is 0.981 bits per heavy atom. The first-order valence-corrected chi connectivity index (χ1v) is 19.4. The number of H-pyrrole nitrogens is 2. The van der Waals surface area contributed by atoms with E-state index in [2.05, 4.69) is 55.0 Å². The molecule has 2 fully saturated rings. The smallest absolute Gasteiger partial charge is 0.410 e. The molecule has 3 amide bonds. The number of amides is 3. The first kappa shape index (κ1) is 35.5. The largest absolute Gasteiger partial charge is 0.453 e. The average Bonchev–Trinajstić information content (AvgIpc) is 3.94. The van der Waals surface area contributed by atoms with Gasteiger partial charge in [-0.05, 0) is 76.0 Å². The van der Waals surface area contributed by atoms with E-state index in [0.29, 0.717) is 18.8 Å². The minimum Gasteiger partial charge on any atom is -0.453 e. The van der Waals surface area contributed by atoms with Gasteiger partial charge in [0.1, 0.15) is 29.0 Å². The molecule has 0 spiro atoms. The molecule has 3 N–H and O–H groups in total. The molecule has 0 radical (unpaired) electrons. The average molecular weight is 742 g/mol. The van der Waals surface area contributed by atoms with Crippen LogP contribution in [0.1, 0.15) is 95.3 Å². The van der Waals surface area contributed by atoms with E-state index >= 15 is 0 Å². The normalized spacial score (nSPS) is 18.2. The van der Waals surface area contributed by atoms with Crippen LogP contribution in [0, 0.1) is 17.8 Å². The summed E-state index contributed by atoms with van der Waals surface area (Å²) in [7, 11) is 1.30. The van der Waals surface area contributed by atoms with Crippen LogP contribution in [0.3, 0.4) is 0 Å². The number of nitrogens with zero attached hydrogens (tertiary/aromatic N) is 4. The van der Waals surface area contributed by atoms with E-state index in [1.807, 2.05) is 45.6 Å². The quantitative estimate of drug-likeness (QED) is 0.151. The Morgan fingerprint density at radius 3 is 2.44 bits per heavy atom. The number of carbonyl (C=O) groups is 3. The SMILES string of the molecule is COC(=O)N[C@H](C(=O)N1CCCC1c1nc2ccc(-c3csc4c(C#Cc5cnc([C@@H]6CCCN6C(=O)OC(C)(C)C)[nH]5)csc34)cc2[nH]1)C(C)C. The molecule has 6 heterocycles. The van der Waals surface area contributed by atoms with Gasteiger partial charge in [-0.2, -0.15) is 0 Å². The summed E-state index contributed by atoms with van der Waals surface area (Å²) in [5.41, 5.74) is 5.04. The van der Waals surface area contributed by atoms with Crippen molar-refractivity contribution in [3.63, 3.8) is 0 Å². The molecule has 52 heavy (non-hydrogen) atoms. The predicted octanol–water partition coefficient (Wildman–Crippen LogP) is 7.75. The van der Waals surface area contributed by atoms with Crippen molar-refractivity contribution >= 4 is 61.2 Å². The summed E-state index contributed by atoms with van der Waals surface area (Å²) in [5.74, 6) is 7.82. The van der Waals surface area contributed by atoms with E-state index in [4.69, 9.17) is 14.5 Å². The number of hydrogen-bond acceptors (Lipinski definition) is 9. The van der Waals surface area contributed by atoms with Gasteiger partial charge in [-0.25, -0.2) is 19.6 Å². The van der Waals surface area contributed by atoms with Gasteiger partial charge in [0.2, 0.25) is 5.91 Å². The third-order valence-corrected chi connectivity index (χ3v) is 11.6. The van der Waals surface area contributed by atoms with E-state index in [9.17, 15) is 14.4 Å². The van der Waals surface area contributed by atoms with Crippen LogP contribution in [0.25, 0.3) is 31.6 Å². The fraction of sp³-hybridized carbons (Fsp3) is 0.447. The van der Waals surface area contributed by atoms with Crippen molar-refractivity contribution in [1.82, 2.24) is 35.1 Å². The number of fused-ring (bicyclic) bond motifs is 2. The number of nitrogens with one attached hydrogen (secondary N) is 3. The van der Waals surface area contributed by atoms with Gasteiger partial charge in [0.05, 0.1) is 51.4 Å². The van der Waals surface area contributed by atoms with E-state index in [0.717, 1.165) is 69.8 Å². The molecule has 1 aromatic carbocycles. The van der Waals surface area contributed by atoms with Crippen LogP contribution in [0.5, 0.6) is 0 Å². The van der Waals surface area contributed by atoms with Gasteiger partial charge in [0.25, 0.3) is 0 Å². The molecular weight excluding hydrogens is 699 g/mol. The van der Waals surface area contributed by atoms with Crippen molar-refractivity contribution in [2.45, 2.75) is 84.0 Å². The van der Waals surface area contributed by atoms with Crippen LogP contribution in [0.15, 0.2) is 35.2 Å². The maximum atomic E-state index is 13.6. The van der Waals surface area contributed by atoms with Gasteiger partial charge in [0, 0.05) is 29.4 Å². The van der Waals surface area contributed by atoms with Crippen molar-refractivity contribution in [2.75, 3.05) is 20.2 Å². The summed E-state index contributed by atoms with van der Waals surface area (Å²) in [4.78, 5) is 58.3. The van der Waals surface area contributed by atoms with Gasteiger partial charge in [0.15, 0.2) is 0 Å². The van der Waals surface area contributed by atoms with Crippen molar-refractivity contribution in [2.24, 2.45) is 5.92 Å². The Labute approximate surface area is 310 Å². The highest BCUT2D eigenvalue weighted by Gasteiger charge is 2.38. The van der Waals surface area contributed by atoms with E-state index in [1.165, 1.54) is 11.8 Å². The summed E-state index contributed by atoms with van der Waals surface area (Å²) in [5, 5.41) is 6.97. The van der Waals surface area contributed by atoms with Crippen LogP contribution in [-0.2, 0) is 14.3 Å². The summed E-state index contributed by atoms with van der Waals surface area (Å²) < 4.78 is 12.7. The lowest BCUT2D eigenvalue weighted by Gasteiger charge is -2.29. The minimum absolute atomic E-state index is 0.101. The lowest BCUT2D eigenvalue weighted by molar-refractivity contribution is -0.135. The van der Waals surface area contributed by atoms with Crippen LogP contribution < -0.4 is 5.32 Å². The number of likely N-dealkylation sites (tertiary alicyclic amines) is 2. The number of thiophene rings is 2. The number of aromatic nitrogens is 4. The molecule has 0 saturated carbocycles. The Hall–Kier alpha value is -4.87. The standard InChI is InChI=1S/C38H43N7O5S2/c1-21(2)30(43-36(47)49-6)35(46)44-15-7-10-29(44)34-41-26-14-12-22(17-27(26)42-34)25-20-52-31-23(19-51-32(25)31)11-13-24-18-39-33(40-24)28-9-8-16-45(28)37(48)50-38(3,4)5/h12,14,17-21,28-30H,7-10,15-16H2,1-6H3,(H,39,40)(H,41,42)(H,43,47)/t28-,29?,30-/m0/s1. The number of methoxy groups -OCH3 is 1. The van der Waals surface area contributed by atoms with Gasteiger partial charge in [-0.1, -0.05) is 25.8 Å². The second kappa shape index (κ2) is 14.3. The van der Waals surface area contributed by atoms with Gasteiger partial charge >= 0.3 is 12.2 Å². The number of alkyl carbamates (subject to hydrolysis) is 1. The Balaban J connectivity index is 1.08. The molecular formula is C38H43N7O5S2. The number of imidazole rings is 2. The molecule has 7 rings (SSSR count).